The number of carbonyl (C=O) groups is 1. The van der Waals surface area contributed by atoms with Crippen LogP contribution in [0.1, 0.15) is 36.2 Å². The fourth-order valence-electron chi connectivity index (χ4n) is 2.75. The van der Waals surface area contributed by atoms with Gasteiger partial charge in [0.15, 0.2) is 5.78 Å². The van der Waals surface area contributed by atoms with Crippen LogP contribution in [0.2, 0.25) is 0 Å². The summed E-state index contributed by atoms with van der Waals surface area (Å²) in [4.78, 5) is 13.3. The van der Waals surface area contributed by atoms with E-state index in [1.54, 1.807) is 29.3 Å². The highest BCUT2D eigenvalue weighted by Crippen LogP contribution is 2.26. The molecule has 8 heteroatoms. The molecule has 1 aromatic heterocycles. The van der Waals surface area contributed by atoms with E-state index in [9.17, 15) is 13.2 Å². The zero-order valence-electron chi connectivity index (χ0n) is 12.8. The van der Waals surface area contributed by atoms with Crippen LogP contribution < -0.4 is 0 Å². The van der Waals surface area contributed by atoms with Crippen molar-refractivity contribution in [1.29, 1.82) is 0 Å². The maximum absolute atomic E-state index is 12.7. The third kappa shape index (κ3) is 3.18. The normalized spacial score (nSPS) is 17.3. The molecule has 2 heterocycles. The van der Waals surface area contributed by atoms with Crippen molar-refractivity contribution in [1.82, 2.24) is 19.3 Å². The fraction of sp³-hybridized carbons (Fsp3) is 0.400. The summed E-state index contributed by atoms with van der Waals surface area (Å²) in [7, 11) is -3.58. The summed E-state index contributed by atoms with van der Waals surface area (Å²) in [6.45, 7) is 2.26. The molecule has 0 aliphatic carbocycles. The van der Waals surface area contributed by atoms with Crippen LogP contribution in [0.15, 0.2) is 41.6 Å². The number of Topliss-reactive ketones (excluding diaryl/α,β-unsaturated/α-hetero) is 1. The van der Waals surface area contributed by atoms with Crippen LogP contribution in [0, 0.1) is 0 Å². The molecule has 1 saturated heterocycles. The van der Waals surface area contributed by atoms with Crippen molar-refractivity contribution in [2.45, 2.75) is 30.7 Å². The third-order valence-corrected chi connectivity index (χ3v) is 5.96. The van der Waals surface area contributed by atoms with Crippen LogP contribution in [0.25, 0.3) is 0 Å². The molecule has 0 amide bonds. The molecule has 2 aromatic rings. The Kier molecular flexibility index (Phi) is 4.27. The summed E-state index contributed by atoms with van der Waals surface area (Å²) in [5.41, 5.74) is 0.404. The smallest absolute Gasteiger partial charge is 0.243 e. The summed E-state index contributed by atoms with van der Waals surface area (Å²) >= 11 is 0. The number of benzene rings is 1. The number of piperidine rings is 1. The van der Waals surface area contributed by atoms with Crippen molar-refractivity contribution in [3.05, 3.63) is 42.2 Å². The van der Waals surface area contributed by atoms with E-state index in [1.807, 2.05) is 0 Å². The van der Waals surface area contributed by atoms with Gasteiger partial charge in [-0.1, -0.05) is 12.1 Å². The molecule has 0 radical (unpaired) electrons. The molecule has 0 saturated carbocycles. The summed E-state index contributed by atoms with van der Waals surface area (Å²) in [6, 6.07) is 6.32. The van der Waals surface area contributed by atoms with Crippen molar-refractivity contribution in [3.63, 3.8) is 0 Å². The van der Waals surface area contributed by atoms with Crippen LogP contribution in [0.4, 0.5) is 0 Å². The Morgan fingerprint density at radius 3 is 2.43 bits per heavy atom. The second kappa shape index (κ2) is 6.21. The topological polar surface area (TPSA) is 85.2 Å². The van der Waals surface area contributed by atoms with Crippen LogP contribution >= 0.6 is 0 Å². The minimum absolute atomic E-state index is 0.125. The largest absolute Gasteiger partial charge is 0.295 e. The lowest BCUT2D eigenvalue weighted by Gasteiger charge is -2.30. The average Bonchev–Trinajstić information content (AvgIpc) is 3.09. The van der Waals surface area contributed by atoms with E-state index in [1.165, 1.54) is 23.4 Å². The van der Waals surface area contributed by atoms with E-state index < -0.39 is 10.0 Å². The Morgan fingerprint density at radius 1 is 1.17 bits per heavy atom. The Balaban J connectivity index is 1.76. The number of hydrogen-bond donors (Lipinski definition) is 0. The SMILES string of the molecule is CC(=O)c1cccc(S(=O)(=O)N2CCC(n3nccn3)CC2)c1. The number of hydrogen-bond acceptors (Lipinski definition) is 5. The summed E-state index contributed by atoms with van der Waals surface area (Å²) in [5, 5.41) is 8.23. The Hall–Kier alpha value is -2.06. The molecule has 1 aliphatic heterocycles. The van der Waals surface area contributed by atoms with Crippen LogP contribution in [-0.4, -0.2) is 46.6 Å². The maximum atomic E-state index is 12.7. The van der Waals surface area contributed by atoms with Crippen molar-refractivity contribution < 1.29 is 13.2 Å². The lowest BCUT2D eigenvalue weighted by Crippen LogP contribution is -2.39. The second-order valence-electron chi connectivity index (χ2n) is 5.57. The van der Waals surface area contributed by atoms with Gasteiger partial charge in [0.1, 0.15) is 0 Å². The van der Waals surface area contributed by atoms with Crippen molar-refractivity contribution in [3.8, 4) is 0 Å². The molecule has 0 bridgehead atoms. The average molecular weight is 334 g/mol. The molecule has 0 spiro atoms. The molecule has 0 atom stereocenters. The number of ketones is 1. The molecule has 122 valence electrons. The number of carbonyl (C=O) groups excluding carboxylic acids is 1. The van der Waals surface area contributed by atoms with E-state index in [-0.39, 0.29) is 16.7 Å². The van der Waals surface area contributed by atoms with Gasteiger partial charge in [-0.3, -0.25) is 4.79 Å². The molecule has 0 unspecified atom stereocenters. The Morgan fingerprint density at radius 2 is 1.83 bits per heavy atom. The van der Waals surface area contributed by atoms with Crippen LogP contribution in [0.3, 0.4) is 0 Å². The number of sulfonamides is 1. The molecule has 1 aliphatic rings. The van der Waals surface area contributed by atoms with Crippen molar-refractivity contribution >= 4 is 15.8 Å². The number of aromatic nitrogens is 3. The molecule has 1 fully saturated rings. The van der Waals surface area contributed by atoms with Gasteiger partial charge in [-0.05, 0) is 31.9 Å². The first-order chi connectivity index (χ1) is 11.0. The van der Waals surface area contributed by atoms with E-state index in [4.69, 9.17) is 0 Å². The highest BCUT2D eigenvalue weighted by Gasteiger charge is 2.30. The zero-order valence-corrected chi connectivity index (χ0v) is 13.6. The molecule has 3 rings (SSSR count). The van der Waals surface area contributed by atoms with E-state index in [0.29, 0.717) is 31.5 Å². The predicted octanol–water partition coefficient (Wildman–Crippen LogP) is 1.51. The lowest BCUT2D eigenvalue weighted by atomic mass is 10.1. The van der Waals surface area contributed by atoms with Gasteiger partial charge in [0.2, 0.25) is 10.0 Å². The summed E-state index contributed by atoms with van der Waals surface area (Å²) in [5.74, 6) is -0.148. The van der Waals surface area contributed by atoms with Gasteiger partial charge in [-0.25, -0.2) is 8.42 Å². The highest BCUT2D eigenvalue weighted by atomic mass is 32.2. The minimum atomic E-state index is -3.58. The maximum Gasteiger partial charge on any atom is 0.243 e. The van der Waals surface area contributed by atoms with Crippen molar-refractivity contribution in [2.75, 3.05) is 13.1 Å². The van der Waals surface area contributed by atoms with Gasteiger partial charge < -0.3 is 0 Å². The van der Waals surface area contributed by atoms with Gasteiger partial charge in [-0.2, -0.15) is 19.3 Å². The molecule has 1 aromatic carbocycles. The van der Waals surface area contributed by atoms with Gasteiger partial charge in [0, 0.05) is 18.7 Å². The van der Waals surface area contributed by atoms with Crippen LogP contribution in [-0.2, 0) is 10.0 Å². The number of nitrogens with zero attached hydrogens (tertiary/aromatic N) is 4. The number of rotatable bonds is 4. The molecule has 0 N–H and O–H groups in total. The van der Waals surface area contributed by atoms with E-state index >= 15 is 0 Å². The summed E-state index contributed by atoms with van der Waals surface area (Å²) in [6.07, 6.45) is 4.58. The first-order valence-corrected chi connectivity index (χ1v) is 8.89. The van der Waals surface area contributed by atoms with Gasteiger partial charge in [0.25, 0.3) is 0 Å². The molecule has 23 heavy (non-hydrogen) atoms. The monoisotopic (exact) mass is 334 g/mol. The molecular formula is C15H18N4O3S. The second-order valence-corrected chi connectivity index (χ2v) is 7.51. The van der Waals surface area contributed by atoms with Crippen LogP contribution in [0.5, 0.6) is 0 Å². The van der Waals surface area contributed by atoms with Gasteiger partial charge in [0.05, 0.1) is 23.3 Å². The standard InChI is InChI=1S/C15H18N4O3S/c1-12(20)13-3-2-4-15(11-13)23(21,22)18-9-5-14(6-10-18)19-16-7-8-17-19/h2-4,7-8,11,14H,5-6,9-10H2,1H3. The van der Waals surface area contributed by atoms with Crippen molar-refractivity contribution in [2.24, 2.45) is 0 Å². The quantitative estimate of drug-likeness (QED) is 0.791. The molecule has 7 nitrogen and oxygen atoms in total. The minimum Gasteiger partial charge on any atom is -0.295 e. The van der Waals surface area contributed by atoms with Gasteiger partial charge in [-0.15, -0.1) is 0 Å². The predicted molar refractivity (Wildman–Crippen MR) is 83.5 cm³/mol. The first-order valence-electron chi connectivity index (χ1n) is 7.45. The first kappa shape index (κ1) is 15.8. The zero-order chi connectivity index (χ0) is 16.4. The Labute approximate surface area is 135 Å². The highest BCUT2D eigenvalue weighted by molar-refractivity contribution is 7.89. The Bertz CT molecular complexity index is 794. The van der Waals surface area contributed by atoms with E-state index in [0.717, 1.165) is 0 Å². The third-order valence-electron chi connectivity index (χ3n) is 4.06. The molecular weight excluding hydrogens is 316 g/mol. The summed E-state index contributed by atoms with van der Waals surface area (Å²) < 4.78 is 26.9. The fourth-order valence-corrected chi connectivity index (χ4v) is 4.27. The van der Waals surface area contributed by atoms with E-state index in [2.05, 4.69) is 10.2 Å². The lowest BCUT2D eigenvalue weighted by molar-refractivity contribution is 0.101. The van der Waals surface area contributed by atoms with Gasteiger partial charge >= 0.3 is 0 Å².